The molecule has 5 heteroatoms. The molecule has 2 amide bonds. The number of nitrogens with one attached hydrogen (secondary N) is 1. The van der Waals surface area contributed by atoms with E-state index in [1.165, 1.54) is 19.3 Å². The van der Waals surface area contributed by atoms with E-state index in [1.807, 2.05) is 11.9 Å². The van der Waals surface area contributed by atoms with Crippen LogP contribution in [0.2, 0.25) is 0 Å². The van der Waals surface area contributed by atoms with E-state index < -0.39 is 5.97 Å². The molecule has 2 aliphatic rings. The van der Waals surface area contributed by atoms with Crippen LogP contribution in [0.5, 0.6) is 0 Å². The molecule has 2 saturated carbocycles. The molecule has 0 aromatic rings. The van der Waals surface area contributed by atoms with Crippen LogP contribution < -0.4 is 5.32 Å². The molecule has 2 aliphatic carbocycles. The number of carbonyl (C=O) groups excluding carboxylic acids is 1. The Morgan fingerprint density at radius 2 is 1.64 bits per heavy atom. The van der Waals surface area contributed by atoms with E-state index in [-0.39, 0.29) is 18.0 Å². The van der Waals surface area contributed by atoms with Crippen LogP contribution in [0.1, 0.15) is 64.7 Å². The lowest BCUT2D eigenvalue weighted by Gasteiger charge is -2.36. The smallest absolute Gasteiger partial charge is 0.317 e. The van der Waals surface area contributed by atoms with E-state index in [2.05, 4.69) is 12.2 Å². The Morgan fingerprint density at radius 3 is 2.14 bits per heavy atom. The molecule has 0 aromatic heterocycles. The highest BCUT2D eigenvalue weighted by molar-refractivity contribution is 5.74. The van der Waals surface area contributed by atoms with E-state index in [9.17, 15) is 9.59 Å². The van der Waals surface area contributed by atoms with Gasteiger partial charge in [0.2, 0.25) is 0 Å². The number of carboxylic acids is 1. The molecule has 2 N–H and O–H groups in total. The number of nitrogens with zero attached hydrogens (tertiary/aromatic N) is 1. The normalized spacial score (nSPS) is 32.3. The van der Waals surface area contributed by atoms with Gasteiger partial charge in [0.25, 0.3) is 0 Å². The highest BCUT2D eigenvalue weighted by atomic mass is 16.4. The molecule has 0 spiro atoms. The summed E-state index contributed by atoms with van der Waals surface area (Å²) in [5.74, 6) is -0.0937. The fourth-order valence-corrected chi connectivity index (χ4v) is 3.87. The van der Waals surface area contributed by atoms with Crippen LogP contribution >= 0.6 is 0 Å². The van der Waals surface area contributed by atoms with E-state index >= 15 is 0 Å². The lowest BCUT2D eigenvalue weighted by molar-refractivity contribution is -0.142. The second kappa shape index (κ2) is 7.84. The Morgan fingerprint density at radius 1 is 1.05 bits per heavy atom. The van der Waals surface area contributed by atoms with Crippen LogP contribution in [-0.2, 0) is 4.79 Å². The number of urea groups is 1. The zero-order valence-corrected chi connectivity index (χ0v) is 13.9. The van der Waals surface area contributed by atoms with Crippen molar-refractivity contribution in [1.29, 1.82) is 0 Å². The van der Waals surface area contributed by atoms with Crippen molar-refractivity contribution in [3.8, 4) is 0 Å². The van der Waals surface area contributed by atoms with Crippen LogP contribution in [0.4, 0.5) is 4.79 Å². The van der Waals surface area contributed by atoms with Gasteiger partial charge in [0, 0.05) is 19.1 Å². The first-order chi connectivity index (χ1) is 10.5. The minimum Gasteiger partial charge on any atom is -0.481 e. The van der Waals surface area contributed by atoms with Crippen molar-refractivity contribution in [2.24, 2.45) is 11.8 Å². The summed E-state index contributed by atoms with van der Waals surface area (Å²) in [6, 6.07) is 0.509. The van der Waals surface area contributed by atoms with Gasteiger partial charge in [-0.05, 0) is 57.3 Å². The maximum absolute atomic E-state index is 12.4. The zero-order chi connectivity index (χ0) is 16.1. The summed E-state index contributed by atoms with van der Waals surface area (Å²) in [5, 5.41) is 12.1. The van der Waals surface area contributed by atoms with Gasteiger partial charge in [0.15, 0.2) is 0 Å². The second-order valence-corrected chi connectivity index (χ2v) is 7.03. The minimum absolute atomic E-state index is 0.0127. The minimum atomic E-state index is -0.699. The van der Waals surface area contributed by atoms with Gasteiger partial charge >= 0.3 is 12.0 Å². The third-order valence-corrected chi connectivity index (χ3v) is 5.67. The molecule has 0 heterocycles. The molecule has 22 heavy (non-hydrogen) atoms. The van der Waals surface area contributed by atoms with Crippen LogP contribution in [0.15, 0.2) is 0 Å². The molecule has 2 rings (SSSR count). The lowest BCUT2D eigenvalue weighted by atomic mass is 9.84. The Bertz CT molecular complexity index is 383. The van der Waals surface area contributed by atoms with Crippen molar-refractivity contribution in [2.75, 3.05) is 7.05 Å². The van der Waals surface area contributed by atoms with Crippen molar-refractivity contribution < 1.29 is 14.7 Å². The fourth-order valence-electron chi connectivity index (χ4n) is 3.87. The third-order valence-electron chi connectivity index (χ3n) is 5.67. The molecule has 5 nitrogen and oxygen atoms in total. The Labute approximate surface area is 133 Å². The zero-order valence-electron chi connectivity index (χ0n) is 13.9. The summed E-state index contributed by atoms with van der Waals surface area (Å²) >= 11 is 0. The average molecular weight is 310 g/mol. The summed E-state index contributed by atoms with van der Waals surface area (Å²) in [4.78, 5) is 25.2. The molecule has 0 bridgehead atoms. The SMILES string of the molecule is CCC1CCC(N(C)C(=O)NC2CCC(C(=O)O)CC2)CC1. The molecule has 0 unspecified atom stereocenters. The van der Waals surface area contributed by atoms with Gasteiger partial charge in [0.05, 0.1) is 5.92 Å². The highest BCUT2D eigenvalue weighted by Crippen LogP contribution is 2.29. The van der Waals surface area contributed by atoms with Crippen molar-refractivity contribution >= 4 is 12.0 Å². The first-order valence-corrected chi connectivity index (χ1v) is 8.77. The summed E-state index contributed by atoms with van der Waals surface area (Å²) < 4.78 is 0. The van der Waals surface area contributed by atoms with Gasteiger partial charge in [-0.25, -0.2) is 4.79 Å². The van der Waals surface area contributed by atoms with Crippen LogP contribution in [0.3, 0.4) is 0 Å². The van der Waals surface area contributed by atoms with Gasteiger partial charge in [-0.3, -0.25) is 4.79 Å². The maximum Gasteiger partial charge on any atom is 0.317 e. The summed E-state index contributed by atoms with van der Waals surface area (Å²) in [7, 11) is 1.90. The molecular weight excluding hydrogens is 280 g/mol. The predicted octanol–water partition coefficient (Wildman–Crippen LogP) is 3.24. The van der Waals surface area contributed by atoms with E-state index in [1.54, 1.807) is 0 Å². The van der Waals surface area contributed by atoms with Gasteiger partial charge in [-0.15, -0.1) is 0 Å². The van der Waals surface area contributed by atoms with Crippen LogP contribution in [-0.4, -0.2) is 41.1 Å². The molecule has 0 saturated heterocycles. The fraction of sp³-hybridized carbons (Fsp3) is 0.882. The van der Waals surface area contributed by atoms with Gasteiger partial charge < -0.3 is 15.3 Å². The molecule has 0 aliphatic heterocycles. The number of aliphatic carboxylic acids is 1. The van der Waals surface area contributed by atoms with E-state index in [0.29, 0.717) is 18.9 Å². The van der Waals surface area contributed by atoms with Gasteiger partial charge in [0.1, 0.15) is 0 Å². The summed E-state index contributed by atoms with van der Waals surface area (Å²) in [5.41, 5.74) is 0. The first kappa shape index (κ1) is 17.1. The molecular formula is C17H30N2O3. The van der Waals surface area contributed by atoms with Crippen molar-refractivity contribution in [3.05, 3.63) is 0 Å². The van der Waals surface area contributed by atoms with Crippen LogP contribution in [0.25, 0.3) is 0 Å². The lowest BCUT2D eigenvalue weighted by Crippen LogP contribution is -2.49. The molecule has 2 fully saturated rings. The van der Waals surface area contributed by atoms with Gasteiger partial charge in [-0.1, -0.05) is 13.3 Å². The molecule has 0 aromatic carbocycles. The molecule has 126 valence electrons. The van der Waals surface area contributed by atoms with Crippen molar-refractivity contribution in [2.45, 2.75) is 76.8 Å². The summed E-state index contributed by atoms with van der Waals surface area (Å²) in [6.07, 6.45) is 8.80. The number of carboxylic acid groups (broad SMARTS) is 1. The average Bonchev–Trinajstić information content (AvgIpc) is 2.54. The number of hydrogen-bond donors (Lipinski definition) is 2. The number of amides is 2. The molecule has 0 radical (unpaired) electrons. The largest absolute Gasteiger partial charge is 0.481 e. The van der Waals surface area contributed by atoms with Gasteiger partial charge in [-0.2, -0.15) is 0 Å². The summed E-state index contributed by atoms with van der Waals surface area (Å²) in [6.45, 7) is 2.24. The standard InChI is InChI=1S/C17H30N2O3/c1-3-12-4-10-15(11-5-12)19(2)17(22)18-14-8-6-13(7-9-14)16(20)21/h12-15H,3-11H2,1-2H3,(H,18,22)(H,20,21). The number of hydrogen-bond acceptors (Lipinski definition) is 2. The maximum atomic E-state index is 12.4. The number of carbonyl (C=O) groups is 2. The second-order valence-electron chi connectivity index (χ2n) is 7.03. The Balaban J connectivity index is 1.74. The molecule has 0 atom stereocenters. The van der Waals surface area contributed by atoms with E-state index in [0.717, 1.165) is 31.6 Å². The van der Waals surface area contributed by atoms with Crippen LogP contribution in [0, 0.1) is 11.8 Å². The highest BCUT2D eigenvalue weighted by Gasteiger charge is 2.29. The van der Waals surface area contributed by atoms with Crippen molar-refractivity contribution in [3.63, 3.8) is 0 Å². The number of rotatable bonds is 4. The Kier molecular flexibility index (Phi) is 6.09. The van der Waals surface area contributed by atoms with E-state index in [4.69, 9.17) is 5.11 Å². The first-order valence-electron chi connectivity index (χ1n) is 8.77. The van der Waals surface area contributed by atoms with Crippen molar-refractivity contribution in [1.82, 2.24) is 10.2 Å². The predicted molar refractivity (Wildman–Crippen MR) is 85.7 cm³/mol. The quantitative estimate of drug-likeness (QED) is 0.837. The monoisotopic (exact) mass is 310 g/mol. The third kappa shape index (κ3) is 4.37. The Hall–Kier alpha value is -1.26. The topological polar surface area (TPSA) is 69.6 Å².